The highest BCUT2D eigenvalue weighted by Crippen LogP contribution is 2.49. The Balaban J connectivity index is 1.17. The predicted octanol–water partition coefficient (Wildman–Crippen LogP) is 4.71. The van der Waals surface area contributed by atoms with E-state index in [1.165, 1.54) is 6.07 Å². The van der Waals surface area contributed by atoms with Gasteiger partial charge in [-0.2, -0.15) is 13.2 Å². The van der Waals surface area contributed by atoms with Gasteiger partial charge in [0.15, 0.2) is 6.10 Å². The lowest BCUT2D eigenvalue weighted by Gasteiger charge is -2.48. The first-order valence-corrected chi connectivity index (χ1v) is 13.2. The highest BCUT2D eigenvalue weighted by molar-refractivity contribution is 6.30. The minimum atomic E-state index is -4.46. The number of halogens is 4. The van der Waals surface area contributed by atoms with E-state index in [4.69, 9.17) is 16.3 Å². The van der Waals surface area contributed by atoms with Crippen LogP contribution >= 0.6 is 11.6 Å². The van der Waals surface area contributed by atoms with E-state index in [9.17, 15) is 27.9 Å². The molecular weight excluding hydrogens is 523 g/mol. The molecule has 3 aliphatic rings. The first-order valence-electron chi connectivity index (χ1n) is 12.8. The van der Waals surface area contributed by atoms with Gasteiger partial charge in [-0.25, -0.2) is 0 Å². The summed E-state index contributed by atoms with van der Waals surface area (Å²) in [6, 6.07) is 7.06. The second kappa shape index (κ2) is 10.4. The summed E-state index contributed by atoms with van der Waals surface area (Å²) in [5.41, 5.74) is -0.474. The number of benzene rings is 1. The van der Waals surface area contributed by atoms with E-state index >= 15 is 0 Å². The first-order chi connectivity index (χ1) is 18.0. The van der Waals surface area contributed by atoms with E-state index in [1.807, 2.05) is 0 Å². The van der Waals surface area contributed by atoms with Crippen LogP contribution in [0.1, 0.15) is 67.9 Å². The molecule has 2 bridgehead atoms. The maximum Gasteiger partial charge on any atom is 0.417 e. The van der Waals surface area contributed by atoms with Crippen LogP contribution in [0.5, 0.6) is 5.75 Å². The van der Waals surface area contributed by atoms with Gasteiger partial charge >= 0.3 is 6.18 Å². The van der Waals surface area contributed by atoms with E-state index in [0.717, 1.165) is 31.5 Å². The molecule has 2 fully saturated rings. The fourth-order valence-electron chi connectivity index (χ4n) is 6.07. The van der Waals surface area contributed by atoms with Gasteiger partial charge in [-0.1, -0.05) is 18.0 Å². The standard InChI is InChI=1S/C27H29ClF3N3O4/c28-17-4-6-22-19(10-17)21(35)11-23(38-22)24(36)34-20-7-9-26(8-1-2-15(20)12-26)25(37)33-14-18-5-3-16(13-32-18)27(29,30)31/h3-6,10,13,15,20-21,23,35H,1-2,7-9,11-12,14H2,(H,33,37)(H,34,36)/t15?,20?,21-,23+,26?/m1/s1. The summed E-state index contributed by atoms with van der Waals surface area (Å²) in [4.78, 5) is 30.1. The molecule has 2 aliphatic carbocycles. The third kappa shape index (κ3) is 5.47. The Hall–Kier alpha value is -2.85. The molecule has 2 aromatic rings. The molecule has 3 N–H and O–H groups in total. The average molecular weight is 552 g/mol. The summed E-state index contributed by atoms with van der Waals surface area (Å²) in [5, 5.41) is 17.0. The lowest BCUT2D eigenvalue weighted by Crippen LogP contribution is -2.55. The molecule has 2 saturated carbocycles. The summed E-state index contributed by atoms with van der Waals surface area (Å²) in [5.74, 6) is 0.150. The van der Waals surface area contributed by atoms with Crippen LogP contribution in [-0.2, 0) is 22.3 Å². The monoisotopic (exact) mass is 551 g/mol. The Labute approximate surface area is 223 Å². The summed E-state index contributed by atoms with van der Waals surface area (Å²) < 4.78 is 44.2. The number of fused-ring (bicyclic) bond motifs is 3. The number of carbonyl (C=O) groups is 2. The summed E-state index contributed by atoms with van der Waals surface area (Å²) in [6.45, 7) is 0.0532. The van der Waals surface area contributed by atoms with Crippen LogP contribution in [0.2, 0.25) is 5.02 Å². The summed E-state index contributed by atoms with van der Waals surface area (Å²) in [7, 11) is 0. The molecule has 5 rings (SSSR count). The quantitative estimate of drug-likeness (QED) is 0.500. The number of pyridine rings is 1. The van der Waals surface area contributed by atoms with E-state index < -0.39 is 29.4 Å². The number of nitrogens with zero attached hydrogens (tertiary/aromatic N) is 1. The molecule has 0 spiro atoms. The van der Waals surface area contributed by atoms with Gasteiger partial charge in [0.2, 0.25) is 5.91 Å². The fraction of sp³-hybridized carbons (Fsp3) is 0.519. The number of aromatic nitrogens is 1. The summed E-state index contributed by atoms with van der Waals surface area (Å²) in [6.07, 6.45) is -0.938. The van der Waals surface area contributed by atoms with Gasteiger partial charge in [-0.15, -0.1) is 0 Å². The molecule has 2 amide bonds. The number of hydrogen-bond acceptors (Lipinski definition) is 5. The number of amides is 2. The molecule has 7 nitrogen and oxygen atoms in total. The molecule has 5 atom stereocenters. The van der Waals surface area contributed by atoms with Crippen molar-refractivity contribution in [2.24, 2.45) is 11.3 Å². The molecular formula is C27H29ClF3N3O4. The number of rotatable bonds is 5. The van der Waals surface area contributed by atoms with Crippen molar-refractivity contribution < 1.29 is 32.6 Å². The van der Waals surface area contributed by atoms with Gasteiger partial charge < -0.3 is 20.5 Å². The molecule has 1 aromatic carbocycles. The van der Waals surface area contributed by atoms with Gasteiger partial charge in [-0.3, -0.25) is 14.6 Å². The molecule has 2 heterocycles. The van der Waals surface area contributed by atoms with Crippen molar-refractivity contribution >= 4 is 23.4 Å². The fourth-order valence-corrected chi connectivity index (χ4v) is 6.25. The zero-order valence-electron chi connectivity index (χ0n) is 20.6. The topological polar surface area (TPSA) is 101 Å². The molecule has 11 heteroatoms. The maximum atomic E-state index is 13.2. The predicted molar refractivity (Wildman–Crippen MR) is 132 cm³/mol. The zero-order valence-corrected chi connectivity index (χ0v) is 21.3. The highest BCUT2D eigenvalue weighted by Gasteiger charge is 2.49. The lowest BCUT2D eigenvalue weighted by molar-refractivity contribution is -0.139. The van der Waals surface area contributed by atoms with Gasteiger partial charge in [0.05, 0.1) is 23.9 Å². The molecule has 1 aliphatic heterocycles. The van der Waals surface area contributed by atoms with E-state index in [2.05, 4.69) is 15.6 Å². The van der Waals surface area contributed by atoms with Gasteiger partial charge in [0.1, 0.15) is 5.75 Å². The van der Waals surface area contributed by atoms with Crippen LogP contribution in [0.15, 0.2) is 36.5 Å². The summed E-state index contributed by atoms with van der Waals surface area (Å²) >= 11 is 6.01. The van der Waals surface area contributed by atoms with Gasteiger partial charge in [0.25, 0.3) is 5.91 Å². The number of ether oxygens (including phenoxy) is 1. The number of hydrogen-bond donors (Lipinski definition) is 3. The number of alkyl halides is 3. The van der Waals surface area contributed by atoms with Gasteiger partial charge in [-0.05, 0) is 68.4 Å². The van der Waals surface area contributed by atoms with Crippen molar-refractivity contribution in [1.82, 2.24) is 15.6 Å². The molecule has 38 heavy (non-hydrogen) atoms. The Morgan fingerprint density at radius 3 is 2.74 bits per heavy atom. The van der Waals surface area contributed by atoms with Crippen molar-refractivity contribution in [3.63, 3.8) is 0 Å². The van der Waals surface area contributed by atoms with Gasteiger partial charge in [0, 0.05) is 34.7 Å². The van der Waals surface area contributed by atoms with Crippen molar-refractivity contribution in [1.29, 1.82) is 0 Å². The minimum Gasteiger partial charge on any atom is -0.480 e. The Kier molecular flexibility index (Phi) is 7.30. The highest BCUT2D eigenvalue weighted by atomic mass is 35.5. The lowest BCUT2D eigenvalue weighted by atomic mass is 9.60. The largest absolute Gasteiger partial charge is 0.480 e. The molecule has 0 radical (unpaired) electrons. The maximum absolute atomic E-state index is 13.2. The minimum absolute atomic E-state index is 0.0532. The smallest absolute Gasteiger partial charge is 0.417 e. The van der Waals surface area contributed by atoms with Crippen LogP contribution in [0.3, 0.4) is 0 Å². The molecule has 1 aromatic heterocycles. The zero-order chi connectivity index (χ0) is 27.1. The molecule has 3 unspecified atom stereocenters. The first kappa shape index (κ1) is 26.7. The Bertz CT molecular complexity index is 1210. The van der Waals surface area contributed by atoms with Crippen molar-refractivity contribution in [3.05, 3.63) is 58.4 Å². The number of carbonyl (C=O) groups excluding carboxylic acids is 2. The van der Waals surface area contributed by atoms with Crippen LogP contribution < -0.4 is 15.4 Å². The molecule has 0 saturated heterocycles. The Morgan fingerprint density at radius 2 is 2.00 bits per heavy atom. The molecule has 204 valence electrons. The van der Waals surface area contributed by atoms with Crippen LogP contribution in [0, 0.1) is 11.3 Å². The number of aliphatic hydroxyl groups excluding tert-OH is 1. The number of nitrogens with one attached hydrogen (secondary N) is 2. The van der Waals surface area contributed by atoms with Crippen molar-refractivity contribution in [2.75, 3.05) is 0 Å². The Morgan fingerprint density at radius 1 is 1.18 bits per heavy atom. The van der Waals surface area contributed by atoms with E-state index in [-0.39, 0.29) is 36.7 Å². The van der Waals surface area contributed by atoms with Crippen LogP contribution in [-0.4, -0.2) is 34.1 Å². The second-order valence-corrected chi connectivity index (χ2v) is 11.0. The van der Waals surface area contributed by atoms with Crippen molar-refractivity contribution in [3.8, 4) is 5.75 Å². The van der Waals surface area contributed by atoms with Crippen molar-refractivity contribution in [2.45, 2.75) is 75.9 Å². The third-order valence-corrected chi connectivity index (χ3v) is 8.34. The SMILES string of the molecule is O=C(NC1CCC2(C(=O)NCc3ccc(C(F)(F)F)cn3)CCCC1C2)[C@@H]1C[C@@H](O)c2cc(Cl)ccc2O1. The van der Waals surface area contributed by atoms with Crippen LogP contribution in [0.4, 0.5) is 13.2 Å². The normalized spacial score (nSPS) is 28.6. The van der Waals surface area contributed by atoms with E-state index in [0.29, 0.717) is 41.3 Å². The second-order valence-electron chi connectivity index (χ2n) is 10.5. The van der Waals surface area contributed by atoms with Crippen LogP contribution in [0.25, 0.3) is 0 Å². The average Bonchev–Trinajstić information content (AvgIpc) is 2.89. The number of aliphatic hydroxyl groups is 1. The van der Waals surface area contributed by atoms with E-state index in [1.54, 1.807) is 18.2 Å². The third-order valence-electron chi connectivity index (χ3n) is 8.11.